The number of amidine groups is 1. The molecule has 0 aliphatic carbocycles. The molecule has 1 aliphatic heterocycles. The maximum Gasteiger partial charge on any atom is 0.249 e. The predicted molar refractivity (Wildman–Crippen MR) is 140 cm³/mol. The van der Waals surface area contributed by atoms with Crippen LogP contribution < -0.4 is 10.0 Å². The number of hydrogen-bond donors (Lipinski definition) is 2. The Kier molecular flexibility index (Phi) is 8.08. The summed E-state index contributed by atoms with van der Waals surface area (Å²) in [5, 5.41) is 9.15. The zero-order chi connectivity index (χ0) is 25.9. The smallest absolute Gasteiger partial charge is 0.249 e. The van der Waals surface area contributed by atoms with Gasteiger partial charge in [0, 0.05) is 18.4 Å². The number of nitrogens with one attached hydrogen (secondary N) is 2. The molecule has 8 nitrogen and oxygen atoms in total. The van der Waals surface area contributed by atoms with Gasteiger partial charge in [-0.1, -0.05) is 93.2 Å². The lowest BCUT2D eigenvalue weighted by molar-refractivity contribution is -0.143. The van der Waals surface area contributed by atoms with Gasteiger partial charge in [-0.2, -0.15) is 0 Å². The van der Waals surface area contributed by atoms with Gasteiger partial charge >= 0.3 is 0 Å². The third kappa shape index (κ3) is 6.50. The second-order valence-electron chi connectivity index (χ2n) is 9.56. The van der Waals surface area contributed by atoms with Gasteiger partial charge in [0.15, 0.2) is 5.17 Å². The van der Waals surface area contributed by atoms with E-state index in [1.165, 1.54) is 16.8 Å². The molecule has 0 bridgehead atoms. The lowest BCUT2D eigenvalue weighted by Crippen LogP contribution is -2.47. The van der Waals surface area contributed by atoms with Gasteiger partial charge in [0.1, 0.15) is 4.87 Å². The Balaban J connectivity index is 1.98. The van der Waals surface area contributed by atoms with Gasteiger partial charge in [-0.3, -0.25) is 9.59 Å². The van der Waals surface area contributed by atoms with Crippen molar-refractivity contribution in [2.45, 2.75) is 44.9 Å². The molecule has 3 rings (SSSR count). The molecule has 0 spiro atoms. The number of sulfonamides is 1. The summed E-state index contributed by atoms with van der Waals surface area (Å²) >= 11 is 1.24. The minimum absolute atomic E-state index is 0.0891. The lowest BCUT2D eigenvalue weighted by Gasteiger charge is -2.38. The monoisotopic (exact) mass is 516 g/mol. The summed E-state index contributed by atoms with van der Waals surface area (Å²) in [6.07, 6.45) is 1.34. The Morgan fingerprint density at radius 1 is 1.06 bits per heavy atom. The molecule has 1 heterocycles. The van der Waals surface area contributed by atoms with E-state index in [0.717, 1.165) is 17.4 Å². The Hall–Kier alpha value is -2.69. The lowest BCUT2D eigenvalue weighted by atomic mass is 9.93. The molecule has 188 valence electrons. The summed E-state index contributed by atoms with van der Waals surface area (Å²) in [5.41, 5.74) is 0.885. The molecule has 0 saturated carbocycles. The van der Waals surface area contributed by atoms with E-state index in [4.69, 9.17) is 0 Å². The quantitative estimate of drug-likeness (QED) is 0.585. The molecule has 2 amide bonds. The molecular weight excluding hydrogens is 484 g/mol. The van der Waals surface area contributed by atoms with Gasteiger partial charge in [0.2, 0.25) is 21.8 Å². The molecule has 2 unspecified atom stereocenters. The Bertz CT molecular complexity index is 1190. The predicted octanol–water partition coefficient (Wildman–Crippen LogP) is 3.59. The third-order valence-corrected chi connectivity index (χ3v) is 7.66. The zero-order valence-corrected chi connectivity index (χ0v) is 22.2. The number of carbonyl (C=O) groups excluding carboxylic acids is 2. The minimum atomic E-state index is -3.44. The van der Waals surface area contributed by atoms with E-state index in [1.807, 2.05) is 67.6 Å². The molecule has 2 aromatic carbocycles. The van der Waals surface area contributed by atoms with E-state index < -0.39 is 26.2 Å². The van der Waals surface area contributed by atoms with Crippen LogP contribution in [-0.2, 0) is 24.5 Å². The van der Waals surface area contributed by atoms with E-state index in [-0.39, 0.29) is 24.8 Å². The number of hydrogen-bond acceptors (Lipinski definition) is 6. The fraction of sp³-hybridized carbons (Fsp3) is 0.400. The molecule has 35 heavy (non-hydrogen) atoms. The molecular formula is C25H32N4O4S2. The number of rotatable bonds is 7. The highest BCUT2D eigenvalue weighted by atomic mass is 32.2. The number of amides is 2. The van der Waals surface area contributed by atoms with E-state index in [9.17, 15) is 18.0 Å². The summed E-state index contributed by atoms with van der Waals surface area (Å²) in [6.45, 7) is 7.30. The first-order valence-corrected chi connectivity index (χ1v) is 14.0. The Morgan fingerprint density at radius 3 is 2.17 bits per heavy atom. The van der Waals surface area contributed by atoms with Gasteiger partial charge in [-0.15, -0.1) is 5.10 Å². The van der Waals surface area contributed by atoms with E-state index in [2.05, 4.69) is 15.1 Å². The molecule has 2 aromatic rings. The van der Waals surface area contributed by atoms with Crippen molar-refractivity contribution in [3.05, 3.63) is 71.8 Å². The topological polar surface area (TPSA) is 108 Å². The Morgan fingerprint density at radius 2 is 1.63 bits per heavy atom. The standard InChI is InChI=1S/C25H32N4O4S2/c1-18(19-12-8-6-9-13-19)21(30)27-23-28-29(22(31)24(2,3)4)25(34-23,16-17-26-35(5,32)33)20-14-10-7-11-15-20/h6-15,18,26H,16-17H2,1-5H3,(H,27,28,30). The van der Waals surface area contributed by atoms with E-state index >= 15 is 0 Å². The maximum absolute atomic E-state index is 13.6. The van der Waals surface area contributed by atoms with Crippen molar-refractivity contribution in [3.63, 3.8) is 0 Å². The van der Waals surface area contributed by atoms with Gasteiger partial charge < -0.3 is 5.32 Å². The van der Waals surface area contributed by atoms with Gasteiger partial charge in [-0.25, -0.2) is 18.1 Å². The summed E-state index contributed by atoms with van der Waals surface area (Å²) in [7, 11) is -3.44. The zero-order valence-electron chi connectivity index (χ0n) is 20.6. The average Bonchev–Trinajstić information content (AvgIpc) is 3.16. The van der Waals surface area contributed by atoms with Gasteiger partial charge in [0.05, 0.1) is 12.2 Å². The summed E-state index contributed by atoms with van der Waals surface area (Å²) < 4.78 is 26.0. The summed E-state index contributed by atoms with van der Waals surface area (Å²) in [6, 6.07) is 18.7. The van der Waals surface area contributed by atoms with Crippen molar-refractivity contribution in [2.24, 2.45) is 10.5 Å². The maximum atomic E-state index is 13.6. The molecule has 10 heteroatoms. The Labute approximate surface area is 211 Å². The van der Waals surface area contributed by atoms with Crippen molar-refractivity contribution < 1.29 is 18.0 Å². The first-order chi connectivity index (χ1) is 16.3. The van der Waals surface area contributed by atoms with Crippen LogP contribution in [0.3, 0.4) is 0 Å². The number of hydrazone groups is 1. The van der Waals surface area contributed by atoms with Crippen LogP contribution in [0.1, 0.15) is 51.2 Å². The van der Waals surface area contributed by atoms with Crippen LogP contribution in [0.4, 0.5) is 0 Å². The van der Waals surface area contributed by atoms with Crippen LogP contribution in [-0.4, -0.2) is 43.2 Å². The van der Waals surface area contributed by atoms with Crippen molar-refractivity contribution in [1.82, 2.24) is 15.0 Å². The van der Waals surface area contributed by atoms with Crippen LogP contribution in [0.2, 0.25) is 0 Å². The molecule has 2 N–H and O–H groups in total. The largest absolute Gasteiger partial charge is 0.303 e. The van der Waals surface area contributed by atoms with E-state index in [1.54, 1.807) is 20.8 Å². The first-order valence-electron chi connectivity index (χ1n) is 11.3. The fourth-order valence-corrected chi connectivity index (χ4v) is 5.40. The molecule has 0 radical (unpaired) electrons. The number of carbonyl (C=O) groups is 2. The highest BCUT2D eigenvalue weighted by Gasteiger charge is 2.50. The molecule has 0 aromatic heterocycles. The van der Waals surface area contributed by atoms with Crippen LogP contribution >= 0.6 is 11.8 Å². The normalized spacial score (nSPS) is 19.2. The summed E-state index contributed by atoms with van der Waals surface area (Å²) in [5.74, 6) is -0.915. The fourth-order valence-electron chi connectivity index (χ4n) is 3.67. The van der Waals surface area contributed by atoms with Crippen molar-refractivity contribution in [1.29, 1.82) is 0 Å². The summed E-state index contributed by atoms with van der Waals surface area (Å²) in [4.78, 5) is 25.6. The first kappa shape index (κ1) is 26.9. The van der Waals surface area contributed by atoms with Crippen molar-refractivity contribution in [2.75, 3.05) is 12.8 Å². The molecule has 0 fully saturated rings. The minimum Gasteiger partial charge on any atom is -0.303 e. The van der Waals surface area contributed by atoms with Crippen molar-refractivity contribution in [3.8, 4) is 0 Å². The van der Waals surface area contributed by atoms with Crippen LogP contribution in [0.15, 0.2) is 65.8 Å². The average molecular weight is 517 g/mol. The highest BCUT2D eigenvalue weighted by molar-refractivity contribution is 8.14. The molecule has 0 saturated heterocycles. The van der Waals surface area contributed by atoms with Gasteiger partial charge in [0.25, 0.3) is 0 Å². The number of nitrogens with zero attached hydrogens (tertiary/aromatic N) is 2. The molecule has 2 atom stereocenters. The van der Waals surface area contributed by atoms with Gasteiger partial charge in [-0.05, 0) is 18.1 Å². The van der Waals surface area contributed by atoms with Crippen LogP contribution in [0.5, 0.6) is 0 Å². The second-order valence-corrected chi connectivity index (χ2v) is 12.7. The number of benzene rings is 2. The van der Waals surface area contributed by atoms with Crippen LogP contribution in [0.25, 0.3) is 0 Å². The second kappa shape index (κ2) is 10.5. The van der Waals surface area contributed by atoms with E-state index in [0.29, 0.717) is 5.17 Å². The molecule has 1 aliphatic rings. The SMILES string of the molecule is CC(C(=O)NC1=NN(C(=O)C(C)(C)C)C(CCNS(C)(=O)=O)(c2ccccc2)S1)c1ccccc1. The van der Waals surface area contributed by atoms with Crippen LogP contribution in [0, 0.1) is 5.41 Å². The highest BCUT2D eigenvalue weighted by Crippen LogP contribution is 2.49. The van der Waals surface area contributed by atoms with Crippen molar-refractivity contribution >= 4 is 38.8 Å². The number of thioether (sulfide) groups is 1. The third-order valence-electron chi connectivity index (χ3n) is 5.61.